The van der Waals surface area contributed by atoms with Crippen LogP contribution in [0.3, 0.4) is 0 Å². The Balaban J connectivity index is 1.40. The number of ether oxygens (including phenoxy) is 1. The number of halogens is 1. The maximum atomic E-state index is 10.6. The molecule has 1 aliphatic heterocycles. The Kier molecular flexibility index (Phi) is 9.85. The predicted molar refractivity (Wildman–Crippen MR) is 126 cm³/mol. The molecule has 0 aliphatic carbocycles. The van der Waals surface area contributed by atoms with Crippen molar-refractivity contribution in [1.82, 2.24) is 4.90 Å². The number of likely N-dealkylation sites (tertiary alicyclic amines) is 1. The van der Waals surface area contributed by atoms with Crippen LogP contribution in [0.4, 0.5) is 0 Å². The summed E-state index contributed by atoms with van der Waals surface area (Å²) in [6, 6.07) is 16.5. The second kappa shape index (κ2) is 12.8. The first-order chi connectivity index (χ1) is 15.1. The number of carboxylic acids is 1. The average Bonchev–Trinajstić information content (AvgIpc) is 2.78. The lowest BCUT2D eigenvalue weighted by Crippen LogP contribution is -2.41. The Hall–Kier alpha value is -1.88. The number of hydrogen-bond acceptors (Lipinski definition) is 3. The first kappa shape index (κ1) is 23.8. The second-order valence-electron chi connectivity index (χ2n) is 8.41. The quantitative estimate of drug-likeness (QED) is 0.368. The third-order valence-electron chi connectivity index (χ3n) is 5.96. The van der Waals surface area contributed by atoms with Gasteiger partial charge in [0.05, 0.1) is 6.61 Å². The summed E-state index contributed by atoms with van der Waals surface area (Å²) < 4.78 is 6.31. The zero-order valence-corrected chi connectivity index (χ0v) is 19.0. The molecular formula is C26H34ClNO3. The van der Waals surface area contributed by atoms with Crippen LogP contribution >= 0.6 is 11.6 Å². The molecule has 1 saturated heterocycles. The molecule has 0 bridgehead atoms. The summed E-state index contributed by atoms with van der Waals surface area (Å²) in [5.41, 5.74) is 3.54. The predicted octanol–water partition coefficient (Wildman–Crippen LogP) is 6.76. The highest BCUT2D eigenvalue weighted by molar-refractivity contribution is 6.30. The summed E-state index contributed by atoms with van der Waals surface area (Å²) in [4.78, 5) is 13.1. The molecule has 0 saturated carbocycles. The van der Waals surface area contributed by atoms with E-state index in [4.69, 9.17) is 21.4 Å². The van der Waals surface area contributed by atoms with Gasteiger partial charge in [0.25, 0.3) is 0 Å². The molecule has 1 atom stereocenters. The summed E-state index contributed by atoms with van der Waals surface area (Å²) in [7, 11) is 0. The van der Waals surface area contributed by atoms with Gasteiger partial charge < -0.3 is 9.84 Å². The van der Waals surface area contributed by atoms with Crippen molar-refractivity contribution in [2.75, 3.05) is 13.1 Å². The van der Waals surface area contributed by atoms with Crippen LogP contribution in [-0.4, -0.2) is 35.3 Å². The van der Waals surface area contributed by atoms with E-state index in [1.807, 2.05) is 24.3 Å². The van der Waals surface area contributed by atoms with Gasteiger partial charge >= 0.3 is 5.97 Å². The smallest absolute Gasteiger partial charge is 0.303 e. The van der Waals surface area contributed by atoms with E-state index in [0.29, 0.717) is 13.0 Å². The Bertz CT molecular complexity index is 791. The number of hydrogen-bond donors (Lipinski definition) is 1. The van der Waals surface area contributed by atoms with Gasteiger partial charge in [-0.15, -0.1) is 0 Å². The van der Waals surface area contributed by atoms with Gasteiger partial charge in [0.15, 0.2) is 0 Å². The van der Waals surface area contributed by atoms with Crippen LogP contribution in [0.1, 0.15) is 63.4 Å². The van der Waals surface area contributed by atoms with Crippen LogP contribution in [0.2, 0.25) is 5.02 Å². The number of carbonyl (C=O) groups is 1. The Labute approximate surface area is 191 Å². The van der Waals surface area contributed by atoms with Crippen LogP contribution in [0.25, 0.3) is 11.1 Å². The third-order valence-corrected chi connectivity index (χ3v) is 6.22. The molecule has 31 heavy (non-hydrogen) atoms. The number of aliphatic carboxylic acids is 1. The van der Waals surface area contributed by atoms with Crippen molar-refractivity contribution in [3.8, 4) is 11.1 Å². The first-order valence-electron chi connectivity index (χ1n) is 11.5. The minimum atomic E-state index is -0.687. The summed E-state index contributed by atoms with van der Waals surface area (Å²) in [5.74, 6) is -0.687. The highest BCUT2D eigenvalue weighted by Gasteiger charge is 2.22. The monoisotopic (exact) mass is 443 g/mol. The standard InChI is InChI=1S/C26H34ClNO3/c27-24-16-14-23(15-17-24)22-12-10-21(11-13-22)20-31-25-8-5-7-19-28(25)18-6-3-1-2-4-9-26(29)30/h10-17,25H,1-9,18-20H2,(H,29,30). The van der Waals surface area contributed by atoms with E-state index >= 15 is 0 Å². The molecule has 3 rings (SSSR count). The lowest BCUT2D eigenvalue weighted by atomic mass is 10.0. The summed E-state index contributed by atoms with van der Waals surface area (Å²) in [6.07, 6.45) is 9.31. The van der Waals surface area contributed by atoms with Gasteiger partial charge in [-0.1, -0.05) is 67.3 Å². The molecular weight excluding hydrogens is 410 g/mol. The summed E-state index contributed by atoms with van der Waals surface area (Å²) in [6.45, 7) is 2.82. The molecule has 1 N–H and O–H groups in total. The van der Waals surface area contributed by atoms with Crippen molar-refractivity contribution in [2.24, 2.45) is 0 Å². The van der Waals surface area contributed by atoms with Gasteiger partial charge in [0.2, 0.25) is 0 Å². The lowest BCUT2D eigenvalue weighted by Gasteiger charge is -2.35. The van der Waals surface area contributed by atoms with Crippen LogP contribution in [0, 0.1) is 0 Å². The van der Waals surface area contributed by atoms with Crippen molar-refractivity contribution >= 4 is 17.6 Å². The highest BCUT2D eigenvalue weighted by Crippen LogP contribution is 2.24. The first-order valence-corrected chi connectivity index (χ1v) is 11.9. The van der Waals surface area contributed by atoms with E-state index < -0.39 is 5.97 Å². The van der Waals surface area contributed by atoms with Crippen LogP contribution in [0.5, 0.6) is 0 Å². The molecule has 0 spiro atoms. The molecule has 0 aromatic heterocycles. The zero-order valence-electron chi connectivity index (χ0n) is 18.3. The van der Waals surface area contributed by atoms with Gasteiger partial charge in [-0.2, -0.15) is 0 Å². The molecule has 0 radical (unpaired) electrons. The fourth-order valence-electron chi connectivity index (χ4n) is 4.15. The molecule has 1 unspecified atom stereocenters. The van der Waals surface area contributed by atoms with Crippen molar-refractivity contribution in [3.05, 3.63) is 59.1 Å². The van der Waals surface area contributed by atoms with E-state index in [9.17, 15) is 4.79 Å². The van der Waals surface area contributed by atoms with Gasteiger partial charge in [-0.05, 0) is 60.9 Å². The van der Waals surface area contributed by atoms with Crippen molar-refractivity contribution in [1.29, 1.82) is 0 Å². The average molecular weight is 444 g/mol. The molecule has 2 aromatic rings. The minimum Gasteiger partial charge on any atom is -0.481 e. The second-order valence-corrected chi connectivity index (χ2v) is 8.85. The van der Waals surface area contributed by atoms with E-state index in [1.165, 1.54) is 29.5 Å². The molecule has 1 fully saturated rings. The summed E-state index contributed by atoms with van der Waals surface area (Å²) >= 11 is 5.98. The molecule has 1 heterocycles. The third kappa shape index (κ3) is 8.29. The topological polar surface area (TPSA) is 49.8 Å². The SMILES string of the molecule is O=C(O)CCCCCCCN1CCCCC1OCc1ccc(-c2ccc(Cl)cc2)cc1. The maximum absolute atomic E-state index is 10.6. The number of piperidine rings is 1. The maximum Gasteiger partial charge on any atom is 0.303 e. The van der Waals surface area contributed by atoms with Crippen LogP contribution < -0.4 is 0 Å². The Morgan fingerprint density at radius 2 is 1.58 bits per heavy atom. The highest BCUT2D eigenvalue weighted by atomic mass is 35.5. The fraction of sp³-hybridized carbons (Fsp3) is 0.500. The van der Waals surface area contributed by atoms with E-state index in [2.05, 4.69) is 29.2 Å². The fourth-order valence-corrected chi connectivity index (χ4v) is 4.28. The van der Waals surface area contributed by atoms with Crippen molar-refractivity contribution in [3.63, 3.8) is 0 Å². The number of nitrogens with zero attached hydrogens (tertiary/aromatic N) is 1. The largest absolute Gasteiger partial charge is 0.481 e. The van der Waals surface area contributed by atoms with Gasteiger partial charge in [0.1, 0.15) is 6.23 Å². The lowest BCUT2D eigenvalue weighted by molar-refractivity contribution is -0.137. The molecule has 5 heteroatoms. The zero-order chi connectivity index (χ0) is 21.9. The minimum absolute atomic E-state index is 0.205. The van der Waals surface area contributed by atoms with E-state index in [-0.39, 0.29) is 6.23 Å². The summed E-state index contributed by atoms with van der Waals surface area (Å²) in [5, 5.41) is 9.45. The molecule has 2 aromatic carbocycles. The van der Waals surface area contributed by atoms with Gasteiger partial charge in [0, 0.05) is 24.5 Å². The number of carboxylic acid groups (broad SMARTS) is 1. The number of rotatable bonds is 12. The Morgan fingerprint density at radius 3 is 2.29 bits per heavy atom. The van der Waals surface area contributed by atoms with Crippen LogP contribution in [0.15, 0.2) is 48.5 Å². The molecule has 168 valence electrons. The van der Waals surface area contributed by atoms with Crippen LogP contribution in [-0.2, 0) is 16.1 Å². The normalized spacial score (nSPS) is 17.0. The van der Waals surface area contributed by atoms with Gasteiger partial charge in [-0.3, -0.25) is 9.69 Å². The number of unbranched alkanes of at least 4 members (excludes halogenated alkanes) is 4. The molecule has 4 nitrogen and oxygen atoms in total. The van der Waals surface area contributed by atoms with Gasteiger partial charge in [-0.25, -0.2) is 0 Å². The van der Waals surface area contributed by atoms with E-state index in [0.717, 1.165) is 56.6 Å². The van der Waals surface area contributed by atoms with Crippen molar-refractivity contribution in [2.45, 2.75) is 70.6 Å². The molecule has 1 aliphatic rings. The number of benzene rings is 2. The van der Waals surface area contributed by atoms with Crippen molar-refractivity contribution < 1.29 is 14.6 Å². The van der Waals surface area contributed by atoms with E-state index in [1.54, 1.807) is 0 Å². The molecule has 0 amide bonds. The Morgan fingerprint density at radius 1 is 0.935 bits per heavy atom.